The van der Waals surface area contributed by atoms with Crippen LogP contribution in [0.3, 0.4) is 0 Å². The van der Waals surface area contributed by atoms with Gasteiger partial charge in [-0.1, -0.05) is 115 Å². The summed E-state index contributed by atoms with van der Waals surface area (Å²) in [5.41, 5.74) is 8.40. The molecule has 0 N–H and O–H groups in total. The highest BCUT2D eigenvalue weighted by atomic mass is 32.1. The lowest BCUT2D eigenvalue weighted by atomic mass is 9.96. The Morgan fingerprint density at radius 2 is 0.804 bits per heavy atom. The molecule has 0 aliphatic rings. The molecule has 0 fully saturated rings. The van der Waals surface area contributed by atoms with Gasteiger partial charge in [-0.05, 0) is 104 Å². The van der Waals surface area contributed by atoms with E-state index in [-0.39, 0.29) is 0 Å². The molecule has 9 aromatic rings. The minimum Gasteiger partial charge on any atom is -0.310 e. The fourth-order valence-electron chi connectivity index (χ4n) is 6.67. The van der Waals surface area contributed by atoms with Gasteiger partial charge >= 0.3 is 0 Å². The van der Waals surface area contributed by atoms with Gasteiger partial charge < -0.3 is 4.90 Å². The molecule has 9 rings (SSSR count). The molecule has 1 heterocycles. The highest BCUT2D eigenvalue weighted by molar-refractivity contribution is 7.25. The van der Waals surface area contributed by atoms with Gasteiger partial charge in [-0.2, -0.15) is 0 Å². The lowest BCUT2D eigenvalue weighted by Crippen LogP contribution is -2.09. The third kappa shape index (κ3) is 4.72. The summed E-state index contributed by atoms with van der Waals surface area (Å²) < 4.78 is 2.63. The van der Waals surface area contributed by atoms with Crippen molar-refractivity contribution in [1.82, 2.24) is 0 Å². The number of para-hydroxylation sites is 1. The van der Waals surface area contributed by atoms with Gasteiger partial charge in [-0.3, -0.25) is 0 Å². The molecule has 0 amide bonds. The molecule has 0 spiro atoms. The molecule has 46 heavy (non-hydrogen) atoms. The van der Waals surface area contributed by atoms with Crippen LogP contribution in [0.2, 0.25) is 0 Å². The van der Waals surface area contributed by atoms with Gasteiger partial charge in [0, 0.05) is 37.2 Å². The van der Waals surface area contributed by atoms with Crippen molar-refractivity contribution in [2.45, 2.75) is 0 Å². The Hall–Kier alpha value is -5.70. The third-order valence-electron chi connectivity index (χ3n) is 9.00. The van der Waals surface area contributed by atoms with Gasteiger partial charge in [0.05, 0.1) is 0 Å². The second-order valence-electron chi connectivity index (χ2n) is 11.8. The third-order valence-corrected chi connectivity index (χ3v) is 10.1. The molecule has 0 saturated carbocycles. The largest absolute Gasteiger partial charge is 0.310 e. The fourth-order valence-corrected chi connectivity index (χ4v) is 7.80. The summed E-state index contributed by atoms with van der Waals surface area (Å²) >= 11 is 1.86. The first kappa shape index (κ1) is 26.7. The molecular weight excluding hydrogens is 575 g/mol. The zero-order chi connectivity index (χ0) is 30.5. The molecule has 0 aliphatic carbocycles. The molecule has 0 saturated heterocycles. The van der Waals surface area contributed by atoms with Crippen molar-refractivity contribution in [2.75, 3.05) is 4.90 Å². The SMILES string of the molecule is c1ccc(-c2ccc3cc(-c4ccc5cc(N(c6ccccc6)c6ccc7c(c6)sc6ccccc67)ccc5c4)ccc3c2)cc1. The first-order valence-corrected chi connectivity index (χ1v) is 16.5. The van der Waals surface area contributed by atoms with E-state index in [4.69, 9.17) is 0 Å². The van der Waals surface area contributed by atoms with E-state index in [1.165, 1.54) is 64.0 Å². The predicted octanol–water partition coefficient (Wildman–Crippen LogP) is 13.2. The molecule has 1 aromatic heterocycles. The van der Waals surface area contributed by atoms with Gasteiger partial charge in [0.2, 0.25) is 0 Å². The van der Waals surface area contributed by atoms with E-state index in [2.05, 4.69) is 181 Å². The number of anilines is 3. The predicted molar refractivity (Wildman–Crippen MR) is 200 cm³/mol. The van der Waals surface area contributed by atoms with Crippen LogP contribution in [0.1, 0.15) is 0 Å². The number of hydrogen-bond acceptors (Lipinski definition) is 2. The number of nitrogens with zero attached hydrogens (tertiary/aromatic N) is 1. The van der Waals surface area contributed by atoms with Crippen molar-refractivity contribution in [3.63, 3.8) is 0 Å². The topological polar surface area (TPSA) is 3.24 Å². The van der Waals surface area contributed by atoms with Crippen LogP contribution in [0.4, 0.5) is 17.1 Å². The van der Waals surface area contributed by atoms with E-state index in [9.17, 15) is 0 Å². The second kappa shape index (κ2) is 11.0. The van der Waals surface area contributed by atoms with E-state index in [0.29, 0.717) is 0 Å². The summed E-state index contributed by atoms with van der Waals surface area (Å²) in [6, 6.07) is 64.0. The van der Waals surface area contributed by atoms with Crippen LogP contribution in [0.5, 0.6) is 0 Å². The Labute approximate surface area is 272 Å². The molecule has 0 aliphatic heterocycles. The van der Waals surface area contributed by atoms with Crippen LogP contribution in [-0.4, -0.2) is 0 Å². The summed E-state index contributed by atoms with van der Waals surface area (Å²) in [5, 5.41) is 7.60. The Morgan fingerprint density at radius 1 is 0.304 bits per heavy atom. The van der Waals surface area contributed by atoms with E-state index >= 15 is 0 Å². The average Bonchev–Trinajstić information content (AvgIpc) is 3.50. The monoisotopic (exact) mass is 603 g/mol. The number of benzene rings is 8. The molecule has 216 valence electrons. The van der Waals surface area contributed by atoms with E-state index < -0.39 is 0 Å². The second-order valence-corrected chi connectivity index (χ2v) is 12.9. The van der Waals surface area contributed by atoms with Gasteiger partial charge in [0.1, 0.15) is 0 Å². The van der Waals surface area contributed by atoms with Gasteiger partial charge in [-0.15, -0.1) is 11.3 Å². The van der Waals surface area contributed by atoms with E-state index in [1.54, 1.807) is 0 Å². The van der Waals surface area contributed by atoms with Crippen molar-refractivity contribution >= 4 is 70.1 Å². The molecule has 0 bridgehead atoms. The summed E-state index contributed by atoms with van der Waals surface area (Å²) in [4.78, 5) is 2.37. The molecule has 2 heteroatoms. The van der Waals surface area contributed by atoms with Crippen LogP contribution < -0.4 is 4.90 Å². The highest BCUT2D eigenvalue weighted by Crippen LogP contribution is 2.41. The van der Waals surface area contributed by atoms with Crippen LogP contribution in [0.15, 0.2) is 176 Å². The Kier molecular flexibility index (Phi) is 6.40. The maximum atomic E-state index is 2.37. The minimum absolute atomic E-state index is 1.14. The minimum atomic E-state index is 1.14. The van der Waals surface area contributed by atoms with Crippen molar-refractivity contribution in [3.8, 4) is 22.3 Å². The Morgan fingerprint density at radius 3 is 1.50 bits per heavy atom. The average molecular weight is 604 g/mol. The first-order valence-electron chi connectivity index (χ1n) is 15.7. The first-order chi connectivity index (χ1) is 22.8. The Bertz CT molecular complexity index is 2530. The smallest absolute Gasteiger partial charge is 0.0476 e. The Balaban J connectivity index is 1.09. The van der Waals surface area contributed by atoms with Gasteiger partial charge in [0.15, 0.2) is 0 Å². The van der Waals surface area contributed by atoms with E-state index in [1.807, 2.05) is 11.3 Å². The molecule has 8 aromatic carbocycles. The lowest BCUT2D eigenvalue weighted by Gasteiger charge is -2.26. The standard InChI is InChI=1S/C44H29NS/c1-3-9-30(10-4-1)31-15-16-33-26-34(18-17-32(33)25-31)35-19-20-37-28-39(22-21-36(37)27-35)45(38-11-5-2-6-12-38)40-23-24-42-41-13-7-8-14-43(41)46-44(42)29-40/h1-29H. The maximum absolute atomic E-state index is 2.37. The van der Waals surface area contributed by atoms with Crippen molar-refractivity contribution in [2.24, 2.45) is 0 Å². The van der Waals surface area contributed by atoms with Gasteiger partial charge in [-0.25, -0.2) is 0 Å². The van der Waals surface area contributed by atoms with Crippen molar-refractivity contribution in [1.29, 1.82) is 0 Å². The molecular formula is C44H29NS. The van der Waals surface area contributed by atoms with Gasteiger partial charge in [0.25, 0.3) is 0 Å². The van der Waals surface area contributed by atoms with Crippen molar-refractivity contribution < 1.29 is 0 Å². The van der Waals surface area contributed by atoms with Crippen LogP contribution in [0, 0.1) is 0 Å². The number of fused-ring (bicyclic) bond motifs is 5. The zero-order valence-corrected chi connectivity index (χ0v) is 25.9. The molecule has 0 radical (unpaired) electrons. The quantitative estimate of drug-likeness (QED) is 0.189. The zero-order valence-electron chi connectivity index (χ0n) is 25.1. The van der Waals surface area contributed by atoms with E-state index in [0.717, 1.165) is 17.1 Å². The fraction of sp³-hybridized carbons (Fsp3) is 0. The number of thiophene rings is 1. The molecule has 0 atom stereocenters. The number of hydrogen-bond donors (Lipinski definition) is 0. The summed E-state index contributed by atoms with van der Waals surface area (Å²) in [6.45, 7) is 0. The van der Waals surface area contributed by atoms with Crippen LogP contribution in [0.25, 0.3) is 64.0 Å². The maximum Gasteiger partial charge on any atom is 0.0476 e. The lowest BCUT2D eigenvalue weighted by molar-refractivity contribution is 1.30. The normalized spacial score (nSPS) is 11.5. The summed E-state index contributed by atoms with van der Waals surface area (Å²) in [6.07, 6.45) is 0. The van der Waals surface area contributed by atoms with Crippen LogP contribution >= 0.6 is 11.3 Å². The number of rotatable bonds is 5. The molecule has 1 nitrogen and oxygen atoms in total. The highest BCUT2D eigenvalue weighted by Gasteiger charge is 2.15. The summed E-state index contributed by atoms with van der Waals surface area (Å²) in [5.74, 6) is 0. The van der Waals surface area contributed by atoms with Crippen LogP contribution in [-0.2, 0) is 0 Å². The molecule has 0 unspecified atom stereocenters. The summed E-state index contributed by atoms with van der Waals surface area (Å²) in [7, 11) is 0. The van der Waals surface area contributed by atoms with Crippen molar-refractivity contribution in [3.05, 3.63) is 176 Å².